The molecular formula is C10H11BrF2N2O3. The summed E-state index contributed by atoms with van der Waals surface area (Å²) in [6.45, 7) is -0.305. The van der Waals surface area contributed by atoms with E-state index in [2.05, 4.69) is 21.2 Å². The topological polar surface area (TPSA) is 75.4 Å². The van der Waals surface area contributed by atoms with Gasteiger partial charge in [-0.3, -0.25) is 10.1 Å². The third-order valence-corrected chi connectivity index (χ3v) is 2.69. The molecule has 0 aliphatic carbocycles. The molecule has 0 saturated heterocycles. The number of alkyl halides is 2. The molecule has 0 radical (unpaired) electrons. The minimum Gasteiger partial charge on any atom is -0.386 e. The monoisotopic (exact) mass is 324 g/mol. The first-order valence-corrected chi connectivity index (χ1v) is 5.81. The SMILES string of the molecule is O=[N+]([O-])c1ccc(Br)cc1CNCC(O)C(F)F. The Balaban J connectivity index is 2.66. The molecule has 0 heterocycles. The van der Waals surface area contributed by atoms with Crippen LogP contribution >= 0.6 is 15.9 Å². The molecule has 0 aliphatic rings. The van der Waals surface area contributed by atoms with Gasteiger partial charge in [-0.1, -0.05) is 15.9 Å². The second kappa shape index (κ2) is 6.72. The first-order chi connectivity index (χ1) is 8.41. The molecule has 1 aromatic carbocycles. The summed E-state index contributed by atoms with van der Waals surface area (Å²) >= 11 is 3.17. The summed E-state index contributed by atoms with van der Waals surface area (Å²) in [5.41, 5.74) is 0.257. The van der Waals surface area contributed by atoms with E-state index in [1.54, 1.807) is 0 Å². The maximum atomic E-state index is 12.0. The molecule has 0 aliphatic heterocycles. The molecule has 0 bridgehead atoms. The second-order valence-electron chi connectivity index (χ2n) is 3.56. The predicted molar refractivity (Wildman–Crippen MR) is 64.5 cm³/mol. The fraction of sp³-hybridized carbons (Fsp3) is 0.400. The Kier molecular flexibility index (Phi) is 5.57. The first-order valence-electron chi connectivity index (χ1n) is 5.01. The van der Waals surface area contributed by atoms with E-state index in [4.69, 9.17) is 5.11 Å². The number of aliphatic hydroxyl groups excluding tert-OH is 1. The van der Waals surface area contributed by atoms with E-state index < -0.39 is 17.5 Å². The Labute approximate surface area is 110 Å². The maximum Gasteiger partial charge on any atom is 0.273 e. The van der Waals surface area contributed by atoms with E-state index >= 15 is 0 Å². The first kappa shape index (κ1) is 14.9. The third-order valence-electron chi connectivity index (χ3n) is 2.20. The third kappa shape index (κ3) is 4.28. The van der Waals surface area contributed by atoms with Crippen LogP contribution in [0.25, 0.3) is 0 Å². The number of rotatable bonds is 6. The van der Waals surface area contributed by atoms with Crippen LogP contribution in [0.5, 0.6) is 0 Å². The minimum atomic E-state index is -2.84. The molecule has 2 N–H and O–H groups in total. The summed E-state index contributed by atoms with van der Waals surface area (Å²) in [5, 5.41) is 22.2. The lowest BCUT2D eigenvalue weighted by atomic mass is 10.2. The van der Waals surface area contributed by atoms with Crippen LogP contribution in [-0.4, -0.2) is 29.1 Å². The highest BCUT2D eigenvalue weighted by molar-refractivity contribution is 9.10. The highest BCUT2D eigenvalue weighted by Crippen LogP contribution is 2.22. The van der Waals surface area contributed by atoms with Crippen molar-refractivity contribution >= 4 is 21.6 Å². The van der Waals surface area contributed by atoms with Gasteiger partial charge in [0.15, 0.2) is 0 Å². The van der Waals surface area contributed by atoms with Gasteiger partial charge in [0, 0.05) is 29.2 Å². The van der Waals surface area contributed by atoms with Crippen molar-refractivity contribution in [2.75, 3.05) is 6.54 Å². The quantitative estimate of drug-likeness (QED) is 0.620. The number of hydrogen-bond acceptors (Lipinski definition) is 4. The van der Waals surface area contributed by atoms with Gasteiger partial charge in [-0.05, 0) is 12.1 Å². The fourth-order valence-corrected chi connectivity index (χ4v) is 1.73. The summed E-state index contributed by atoms with van der Waals surface area (Å²) in [7, 11) is 0. The van der Waals surface area contributed by atoms with Crippen molar-refractivity contribution in [3.63, 3.8) is 0 Å². The molecule has 0 saturated carbocycles. The predicted octanol–water partition coefficient (Wildman–Crippen LogP) is 2.07. The molecular weight excluding hydrogens is 314 g/mol. The van der Waals surface area contributed by atoms with E-state index in [9.17, 15) is 18.9 Å². The highest BCUT2D eigenvalue weighted by Gasteiger charge is 2.17. The van der Waals surface area contributed by atoms with Crippen molar-refractivity contribution in [3.05, 3.63) is 38.3 Å². The molecule has 0 aromatic heterocycles. The average molecular weight is 325 g/mol. The molecule has 1 unspecified atom stereocenters. The van der Waals surface area contributed by atoms with Crippen LogP contribution in [0.15, 0.2) is 22.7 Å². The van der Waals surface area contributed by atoms with Gasteiger partial charge in [-0.25, -0.2) is 8.78 Å². The van der Waals surface area contributed by atoms with Crippen molar-refractivity contribution < 1.29 is 18.8 Å². The molecule has 1 rings (SSSR count). The van der Waals surface area contributed by atoms with Gasteiger partial charge in [0.2, 0.25) is 0 Å². The van der Waals surface area contributed by atoms with Gasteiger partial charge in [-0.15, -0.1) is 0 Å². The lowest BCUT2D eigenvalue weighted by molar-refractivity contribution is -0.385. The minimum absolute atomic E-state index is 0.0273. The summed E-state index contributed by atoms with van der Waals surface area (Å²) in [4.78, 5) is 10.2. The number of nitrogens with zero attached hydrogens (tertiary/aromatic N) is 1. The number of nitro benzene ring substituents is 1. The smallest absolute Gasteiger partial charge is 0.273 e. The van der Waals surface area contributed by atoms with E-state index in [0.29, 0.717) is 10.0 Å². The second-order valence-corrected chi connectivity index (χ2v) is 4.48. The van der Waals surface area contributed by atoms with Crippen LogP contribution in [0.1, 0.15) is 5.56 Å². The van der Waals surface area contributed by atoms with E-state index in [-0.39, 0.29) is 18.8 Å². The number of nitro groups is 1. The number of halogens is 3. The largest absolute Gasteiger partial charge is 0.386 e. The van der Waals surface area contributed by atoms with Gasteiger partial charge in [0.05, 0.1) is 4.92 Å². The number of benzene rings is 1. The Morgan fingerprint density at radius 2 is 2.17 bits per heavy atom. The van der Waals surface area contributed by atoms with Crippen LogP contribution in [0, 0.1) is 10.1 Å². The Hall–Kier alpha value is -1.12. The molecule has 0 amide bonds. The van der Waals surface area contributed by atoms with Crippen LogP contribution < -0.4 is 5.32 Å². The maximum absolute atomic E-state index is 12.0. The zero-order valence-electron chi connectivity index (χ0n) is 9.15. The average Bonchev–Trinajstić information content (AvgIpc) is 2.28. The van der Waals surface area contributed by atoms with Gasteiger partial charge >= 0.3 is 0 Å². The van der Waals surface area contributed by atoms with Crippen molar-refractivity contribution in [1.29, 1.82) is 0 Å². The molecule has 1 aromatic rings. The normalized spacial score (nSPS) is 12.7. The number of hydrogen-bond donors (Lipinski definition) is 2. The molecule has 5 nitrogen and oxygen atoms in total. The van der Waals surface area contributed by atoms with E-state index in [0.717, 1.165) is 0 Å². The lowest BCUT2D eigenvalue weighted by Crippen LogP contribution is -2.31. The zero-order valence-corrected chi connectivity index (χ0v) is 10.7. The summed E-state index contributed by atoms with van der Waals surface area (Å²) < 4.78 is 24.7. The van der Waals surface area contributed by atoms with E-state index in [1.807, 2.05) is 0 Å². The van der Waals surface area contributed by atoms with Crippen molar-refractivity contribution in [2.45, 2.75) is 19.1 Å². The highest BCUT2D eigenvalue weighted by atomic mass is 79.9. The fourth-order valence-electron chi connectivity index (χ4n) is 1.32. The van der Waals surface area contributed by atoms with Crippen molar-refractivity contribution in [2.24, 2.45) is 0 Å². The van der Waals surface area contributed by atoms with Gasteiger partial charge in [0.1, 0.15) is 6.10 Å². The molecule has 18 heavy (non-hydrogen) atoms. The van der Waals surface area contributed by atoms with Crippen LogP contribution in [0.4, 0.5) is 14.5 Å². The van der Waals surface area contributed by atoms with Crippen LogP contribution in [0.3, 0.4) is 0 Å². The zero-order chi connectivity index (χ0) is 13.7. The van der Waals surface area contributed by atoms with E-state index in [1.165, 1.54) is 18.2 Å². The molecule has 1 atom stereocenters. The molecule has 0 fully saturated rings. The Morgan fingerprint density at radius 3 is 2.72 bits per heavy atom. The number of aliphatic hydroxyl groups is 1. The van der Waals surface area contributed by atoms with Gasteiger partial charge in [-0.2, -0.15) is 0 Å². The van der Waals surface area contributed by atoms with Gasteiger partial charge in [0.25, 0.3) is 12.1 Å². The molecule has 0 spiro atoms. The lowest BCUT2D eigenvalue weighted by Gasteiger charge is -2.10. The summed E-state index contributed by atoms with van der Waals surface area (Å²) in [5.74, 6) is 0. The van der Waals surface area contributed by atoms with Crippen LogP contribution in [-0.2, 0) is 6.54 Å². The summed E-state index contributed by atoms with van der Waals surface area (Å²) in [6, 6.07) is 4.38. The Bertz CT molecular complexity index is 432. The Morgan fingerprint density at radius 1 is 1.50 bits per heavy atom. The van der Waals surface area contributed by atoms with Crippen molar-refractivity contribution in [3.8, 4) is 0 Å². The molecule has 8 heteroatoms. The van der Waals surface area contributed by atoms with Crippen LogP contribution in [0.2, 0.25) is 0 Å². The number of nitrogens with one attached hydrogen (secondary N) is 1. The van der Waals surface area contributed by atoms with Gasteiger partial charge < -0.3 is 10.4 Å². The molecule has 100 valence electrons. The van der Waals surface area contributed by atoms with Crippen molar-refractivity contribution in [1.82, 2.24) is 5.32 Å². The summed E-state index contributed by atoms with van der Waals surface area (Å²) in [6.07, 6.45) is -4.62. The standard InChI is InChI=1S/C10H11BrF2N2O3/c11-7-1-2-8(15(17)18)6(3-7)4-14-5-9(16)10(12)13/h1-3,9-10,14,16H,4-5H2.